The molecule has 0 heterocycles. The van der Waals surface area contributed by atoms with Gasteiger partial charge in [0.05, 0.1) is 11.1 Å². The van der Waals surface area contributed by atoms with Crippen molar-refractivity contribution < 1.29 is 9.72 Å². The van der Waals surface area contributed by atoms with E-state index in [4.69, 9.17) is 0 Å². The number of non-ortho nitro benzene ring substituents is 1. The number of nitrogens with one attached hydrogen (secondary N) is 1. The van der Waals surface area contributed by atoms with Crippen LogP contribution in [0.25, 0.3) is 0 Å². The SMILES string of the molecule is CC(C)C(=O)N/N=C\c1cccc([N+](=O)[O-])c1. The van der Waals surface area contributed by atoms with E-state index in [1.54, 1.807) is 26.0 Å². The molecule has 1 aromatic carbocycles. The van der Waals surface area contributed by atoms with Crippen molar-refractivity contribution in [2.24, 2.45) is 11.0 Å². The summed E-state index contributed by atoms with van der Waals surface area (Å²) in [6.45, 7) is 3.50. The van der Waals surface area contributed by atoms with Crippen LogP contribution in [0.1, 0.15) is 19.4 Å². The van der Waals surface area contributed by atoms with Crippen LogP contribution in [0.3, 0.4) is 0 Å². The first-order valence-electron chi connectivity index (χ1n) is 5.08. The van der Waals surface area contributed by atoms with Gasteiger partial charge in [-0.05, 0) is 0 Å². The molecule has 0 saturated heterocycles. The molecule has 0 radical (unpaired) electrons. The summed E-state index contributed by atoms with van der Waals surface area (Å²) in [5.74, 6) is -0.357. The highest BCUT2D eigenvalue weighted by Crippen LogP contribution is 2.11. The summed E-state index contributed by atoms with van der Waals surface area (Å²) in [5, 5.41) is 14.2. The highest BCUT2D eigenvalue weighted by molar-refractivity contribution is 5.83. The second-order valence-electron chi connectivity index (χ2n) is 3.74. The number of nitro benzene ring substituents is 1. The summed E-state index contributed by atoms with van der Waals surface area (Å²) < 4.78 is 0. The topological polar surface area (TPSA) is 84.6 Å². The Labute approximate surface area is 98.5 Å². The third-order valence-electron chi connectivity index (χ3n) is 1.99. The molecule has 6 heteroatoms. The first-order chi connectivity index (χ1) is 8.00. The number of benzene rings is 1. The van der Waals surface area contributed by atoms with Crippen LogP contribution in [0.5, 0.6) is 0 Å². The van der Waals surface area contributed by atoms with Crippen LogP contribution in [0, 0.1) is 16.0 Å². The van der Waals surface area contributed by atoms with Gasteiger partial charge < -0.3 is 0 Å². The van der Waals surface area contributed by atoms with Gasteiger partial charge in [0.1, 0.15) is 0 Å². The molecular weight excluding hydrogens is 222 g/mol. The number of hydrogen-bond acceptors (Lipinski definition) is 4. The van der Waals surface area contributed by atoms with E-state index in [0.29, 0.717) is 5.56 Å². The second-order valence-corrected chi connectivity index (χ2v) is 3.74. The number of amides is 1. The molecule has 90 valence electrons. The van der Waals surface area contributed by atoms with Crippen molar-refractivity contribution in [3.05, 3.63) is 39.9 Å². The predicted molar refractivity (Wildman–Crippen MR) is 63.7 cm³/mol. The molecule has 0 aliphatic heterocycles. The molecule has 0 spiro atoms. The summed E-state index contributed by atoms with van der Waals surface area (Å²) >= 11 is 0. The smallest absolute Gasteiger partial charge is 0.270 e. The van der Waals surface area contributed by atoms with Crippen LogP contribution in [0.4, 0.5) is 5.69 Å². The number of carbonyl (C=O) groups is 1. The van der Waals surface area contributed by atoms with Gasteiger partial charge in [0, 0.05) is 23.6 Å². The molecule has 0 bridgehead atoms. The number of hydrazone groups is 1. The van der Waals surface area contributed by atoms with Gasteiger partial charge in [-0.1, -0.05) is 26.0 Å². The van der Waals surface area contributed by atoms with Gasteiger partial charge in [0.15, 0.2) is 0 Å². The van der Waals surface area contributed by atoms with Gasteiger partial charge in [0.2, 0.25) is 5.91 Å². The summed E-state index contributed by atoms with van der Waals surface area (Å²) in [6, 6.07) is 6.00. The fraction of sp³-hybridized carbons (Fsp3) is 0.273. The maximum atomic E-state index is 11.2. The number of rotatable bonds is 4. The quantitative estimate of drug-likeness (QED) is 0.489. The van der Waals surface area contributed by atoms with Gasteiger partial charge in [-0.2, -0.15) is 5.10 Å². The zero-order valence-corrected chi connectivity index (χ0v) is 9.58. The average Bonchev–Trinajstić information content (AvgIpc) is 2.29. The lowest BCUT2D eigenvalue weighted by molar-refractivity contribution is -0.384. The summed E-state index contributed by atoms with van der Waals surface area (Å²) in [6.07, 6.45) is 1.37. The Hall–Kier alpha value is -2.24. The zero-order valence-electron chi connectivity index (χ0n) is 9.58. The number of nitro groups is 1. The van der Waals surface area contributed by atoms with Crippen molar-refractivity contribution in [3.8, 4) is 0 Å². The highest BCUT2D eigenvalue weighted by atomic mass is 16.6. The molecule has 6 nitrogen and oxygen atoms in total. The lowest BCUT2D eigenvalue weighted by atomic mass is 10.2. The predicted octanol–water partition coefficient (Wildman–Crippen LogP) is 1.70. The van der Waals surface area contributed by atoms with Crippen molar-refractivity contribution in [1.29, 1.82) is 0 Å². The third kappa shape index (κ3) is 4.02. The van der Waals surface area contributed by atoms with E-state index < -0.39 is 4.92 Å². The Morgan fingerprint density at radius 2 is 2.24 bits per heavy atom. The summed E-state index contributed by atoms with van der Waals surface area (Å²) in [5.41, 5.74) is 2.89. The molecule has 0 saturated carbocycles. The van der Waals surface area contributed by atoms with Crippen LogP contribution < -0.4 is 5.43 Å². The molecule has 0 atom stereocenters. The first kappa shape index (κ1) is 12.8. The van der Waals surface area contributed by atoms with Crippen molar-refractivity contribution in [3.63, 3.8) is 0 Å². The molecular formula is C11H13N3O3. The molecule has 0 unspecified atom stereocenters. The van der Waals surface area contributed by atoms with Crippen LogP contribution in [0.15, 0.2) is 29.4 Å². The summed E-state index contributed by atoms with van der Waals surface area (Å²) in [4.78, 5) is 21.2. The molecule has 0 fully saturated rings. The lowest BCUT2D eigenvalue weighted by Crippen LogP contribution is -2.22. The van der Waals surface area contributed by atoms with Crippen molar-refractivity contribution >= 4 is 17.8 Å². The minimum atomic E-state index is -0.482. The molecule has 1 rings (SSSR count). The average molecular weight is 235 g/mol. The van der Waals surface area contributed by atoms with Gasteiger partial charge in [0.25, 0.3) is 5.69 Å². The van der Waals surface area contributed by atoms with Crippen LogP contribution in [-0.4, -0.2) is 17.0 Å². The largest absolute Gasteiger partial charge is 0.273 e. The van der Waals surface area contributed by atoms with Gasteiger partial charge >= 0.3 is 0 Å². The van der Waals surface area contributed by atoms with E-state index in [1.165, 1.54) is 18.3 Å². The fourth-order valence-corrected chi connectivity index (χ4v) is 1.02. The monoisotopic (exact) mass is 235 g/mol. The molecule has 0 aliphatic carbocycles. The Balaban J connectivity index is 2.68. The Morgan fingerprint density at radius 1 is 1.53 bits per heavy atom. The van der Waals surface area contributed by atoms with E-state index in [9.17, 15) is 14.9 Å². The number of nitrogens with zero attached hydrogens (tertiary/aromatic N) is 2. The Bertz CT molecular complexity index is 455. The molecule has 1 aromatic rings. The van der Waals surface area contributed by atoms with E-state index in [-0.39, 0.29) is 17.5 Å². The zero-order chi connectivity index (χ0) is 12.8. The van der Waals surface area contributed by atoms with Gasteiger partial charge in [-0.25, -0.2) is 5.43 Å². The summed E-state index contributed by atoms with van der Waals surface area (Å²) in [7, 11) is 0. The van der Waals surface area contributed by atoms with E-state index in [0.717, 1.165) is 0 Å². The number of hydrogen-bond donors (Lipinski definition) is 1. The fourth-order valence-electron chi connectivity index (χ4n) is 1.02. The molecule has 17 heavy (non-hydrogen) atoms. The molecule has 1 amide bonds. The Kier molecular flexibility index (Phi) is 4.33. The highest BCUT2D eigenvalue weighted by Gasteiger charge is 2.05. The first-order valence-corrected chi connectivity index (χ1v) is 5.08. The standard InChI is InChI=1S/C11H13N3O3/c1-8(2)11(15)13-12-7-9-4-3-5-10(6-9)14(16)17/h3-8H,1-2H3,(H,13,15)/b12-7-. The lowest BCUT2D eigenvalue weighted by Gasteiger charge is -2.01. The van der Waals surface area contributed by atoms with E-state index in [2.05, 4.69) is 10.5 Å². The maximum absolute atomic E-state index is 11.2. The van der Waals surface area contributed by atoms with Crippen molar-refractivity contribution in [2.75, 3.05) is 0 Å². The molecule has 0 aromatic heterocycles. The second kappa shape index (κ2) is 5.74. The van der Waals surface area contributed by atoms with E-state index in [1.807, 2.05) is 0 Å². The van der Waals surface area contributed by atoms with E-state index >= 15 is 0 Å². The van der Waals surface area contributed by atoms with Crippen LogP contribution in [-0.2, 0) is 4.79 Å². The van der Waals surface area contributed by atoms with Crippen molar-refractivity contribution in [2.45, 2.75) is 13.8 Å². The van der Waals surface area contributed by atoms with Gasteiger partial charge in [-0.3, -0.25) is 14.9 Å². The van der Waals surface area contributed by atoms with Gasteiger partial charge in [-0.15, -0.1) is 0 Å². The third-order valence-corrected chi connectivity index (χ3v) is 1.99. The normalized spacial score (nSPS) is 10.8. The minimum absolute atomic E-state index is 0.0101. The number of carbonyl (C=O) groups excluding carboxylic acids is 1. The van der Waals surface area contributed by atoms with Crippen molar-refractivity contribution in [1.82, 2.24) is 5.43 Å². The maximum Gasteiger partial charge on any atom is 0.270 e. The van der Waals surface area contributed by atoms with Crippen LogP contribution in [0.2, 0.25) is 0 Å². The minimum Gasteiger partial charge on any atom is -0.273 e. The van der Waals surface area contributed by atoms with Crippen LogP contribution >= 0.6 is 0 Å². The Morgan fingerprint density at radius 3 is 2.82 bits per heavy atom. The molecule has 0 aliphatic rings. The molecule has 1 N–H and O–H groups in total.